The second kappa shape index (κ2) is 24.9. The van der Waals surface area contributed by atoms with Crippen LogP contribution in [0.25, 0.3) is 22.3 Å². The van der Waals surface area contributed by atoms with Gasteiger partial charge in [-0.25, -0.2) is 0 Å². The van der Waals surface area contributed by atoms with Crippen LogP contribution in [-0.2, 0) is 0 Å². The summed E-state index contributed by atoms with van der Waals surface area (Å²) in [6.45, 7) is -0.149. The number of para-hydroxylation sites is 4. The number of nitrogens with zero attached hydrogens (tertiary/aromatic N) is 3. The summed E-state index contributed by atoms with van der Waals surface area (Å²) in [6, 6.07) is 150. The number of rotatable bonds is 15. The minimum absolute atomic E-state index is 0.149. The van der Waals surface area contributed by atoms with Gasteiger partial charge in [-0.3, -0.25) is 0 Å². The Hall–Kier alpha value is -11.8. The van der Waals surface area contributed by atoms with E-state index in [1.807, 2.05) is 0 Å². The van der Waals surface area contributed by atoms with Crippen LogP contribution in [0.15, 0.2) is 400 Å². The summed E-state index contributed by atoms with van der Waals surface area (Å²) in [4.78, 5) is 7.61. The quantitative estimate of drug-likeness (QED) is 0.0748. The van der Waals surface area contributed by atoms with Gasteiger partial charge in [0.05, 0.1) is 5.69 Å². The van der Waals surface area contributed by atoms with Crippen LogP contribution in [0.4, 0.5) is 51.2 Å². The van der Waals surface area contributed by atoms with Gasteiger partial charge in [-0.05, 0) is 153 Å². The Balaban J connectivity index is 0.965. The molecule has 2 heterocycles. The van der Waals surface area contributed by atoms with Gasteiger partial charge >= 0.3 is 0 Å². The molecule has 15 aromatic rings. The second-order valence-electron chi connectivity index (χ2n) is 25.0. The van der Waals surface area contributed by atoms with Crippen LogP contribution in [0.2, 0.25) is 0 Å². The van der Waals surface area contributed by atoms with Crippen molar-refractivity contribution < 1.29 is 0 Å². The van der Waals surface area contributed by atoms with E-state index in [-0.39, 0.29) is 6.71 Å². The van der Waals surface area contributed by atoms with Crippen LogP contribution in [0.1, 0.15) is 0 Å². The van der Waals surface area contributed by atoms with Crippen LogP contribution in [0.3, 0.4) is 0 Å². The average molecular weight is 1260 g/mol. The minimum atomic E-state index is -3.07. The molecule has 0 aliphatic carbocycles. The largest absolute Gasteiger partial charge is 0.311 e. The van der Waals surface area contributed by atoms with Crippen molar-refractivity contribution in [3.05, 3.63) is 400 Å². The van der Waals surface area contributed by atoms with Gasteiger partial charge in [-0.15, -0.1) is 0 Å². The van der Waals surface area contributed by atoms with E-state index in [2.05, 4.69) is 415 Å². The summed E-state index contributed by atoms with van der Waals surface area (Å²) in [5.74, 6) is 0. The Morgan fingerprint density at radius 3 is 1.08 bits per heavy atom. The molecule has 0 fully saturated rings. The van der Waals surface area contributed by atoms with E-state index in [1.54, 1.807) is 0 Å². The first-order valence-electron chi connectivity index (χ1n) is 33.3. The van der Waals surface area contributed by atoms with Crippen molar-refractivity contribution in [3.63, 3.8) is 0 Å². The van der Waals surface area contributed by atoms with Crippen LogP contribution >= 0.6 is 0 Å². The lowest BCUT2D eigenvalue weighted by atomic mass is 9.33. The smallest absolute Gasteiger partial charge is 0.252 e. The standard InChI is InChI=1S/C90H66BN3Si2/c1-10-33-68(34-11-1)82-53-28-30-55-85(82)94-87-66-81(96(77-46-22-7-23-47-77,78-48-24-8-25-49-78)79-50-26-9-27-51-79)61-62-84(87)91-83-54-29-31-56-86(83)93(73-39-32-52-80(65-73)95(74-40-16-4-17-41-74,75-42-18-5-19-43-75)76-44-20-6-21-45-76)88-63-69(64-89(94)90(88)91)67-57-59-72(60-58-67)92(70-35-12-2-13-36-70)71-37-14-3-15-38-71/h1-66H. The molecule has 0 bridgehead atoms. The molecule has 0 amide bonds. The number of hydrogen-bond donors (Lipinski definition) is 0. The summed E-state index contributed by atoms with van der Waals surface area (Å²) < 4.78 is 0. The average Bonchev–Trinajstić information content (AvgIpc) is 0.695. The number of benzene rings is 15. The van der Waals surface area contributed by atoms with Crippen LogP contribution in [0, 0.1) is 0 Å². The van der Waals surface area contributed by atoms with E-state index in [1.165, 1.54) is 63.6 Å². The fourth-order valence-electron chi connectivity index (χ4n) is 15.8. The maximum Gasteiger partial charge on any atom is 0.252 e. The predicted molar refractivity (Wildman–Crippen MR) is 413 cm³/mol. The molecule has 3 nitrogen and oxygen atoms in total. The molecule has 0 spiro atoms. The fraction of sp³-hybridized carbons (Fsp3) is 0. The summed E-state index contributed by atoms with van der Waals surface area (Å²) in [5, 5.41) is 10.6. The fourth-order valence-corrected chi connectivity index (χ4v) is 25.4. The monoisotopic (exact) mass is 1260 g/mol. The van der Waals surface area contributed by atoms with Crippen molar-refractivity contribution in [2.75, 3.05) is 14.7 Å². The third-order valence-corrected chi connectivity index (χ3v) is 29.5. The highest BCUT2D eigenvalue weighted by atomic mass is 28.3. The van der Waals surface area contributed by atoms with E-state index in [9.17, 15) is 0 Å². The summed E-state index contributed by atoms with van der Waals surface area (Å²) in [6.07, 6.45) is 0. The molecular weight excluding hydrogens is 1190 g/mol. The molecule has 0 N–H and O–H groups in total. The Kier molecular flexibility index (Phi) is 15.1. The van der Waals surface area contributed by atoms with E-state index < -0.39 is 16.1 Å². The molecule has 96 heavy (non-hydrogen) atoms. The van der Waals surface area contributed by atoms with Crippen molar-refractivity contribution in [1.82, 2.24) is 0 Å². The van der Waals surface area contributed by atoms with Gasteiger partial charge in [0.2, 0.25) is 0 Å². The molecule has 0 saturated heterocycles. The Bertz CT molecular complexity index is 4990. The number of hydrogen-bond acceptors (Lipinski definition) is 3. The Morgan fingerprint density at radius 1 is 0.219 bits per heavy atom. The molecule has 15 aromatic carbocycles. The first-order chi connectivity index (χ1) is 47.7. The van der Waals surface area contributed by atoms with Crippen LogP contribution < -0.4 is 72.6 Å². The zero-order chi connectivity index (χ0) is 63.8. The zero-order valence-electron chi connectivity index (χ0n) is 53.0. The normalized spacial score (nSPS) is 12.3. The van der Waals surface area contributed by atoms with E-state index in [0.29, 0.717) is 0 Å². The van der Waals surface area contributed by atoms with Crippen molar-refractivity contribution in [2.45, 2.75) is 0 Å². The van der Waals surface area contributed by atoms with Crippen molar-refractivity contribution in [3.8, 4) is 22.3 Å². The molecule has 6 heteroatoms. The molecular formula is C90H66BN3Si2. The Morgan fingerprint density at radius 2 is 0.594 bits per heavy atom. The highest BCUT2D eigenvalue weighted by Crippen LogP contribution is 2.48. The lowest BCUT2D eigenvalue weighted by Crippen LogP contribution is -2.75. The van der Waals surface area contributed by atoms with Crippen molar-refractivity contribution in [1.29, 1.82) is 0 Å². The summed E-state index contributed by atoms with van der Waals surface area (Å²) in [7, 11) is -6.07. The molecule has 2 aliphatic rings. The van der Waals surface area contributed by atoms with Crippen molar-refractivity contribution >= 4 is 132 Å². The molecule has 0 aromatic heterocycles. The van der Waals surface area contributed by atoms with E-state index >= 15 is 0 Å². The number of fused-ring (bicyclic) bond motifs is 4. The van der Waals surface area contributed by atoms with Crippen molar-refractivity contribution in [2.24, 2.45) is 0 Å². The summed E-state index contributed by atoms with van der Waals surface area (Å²) in [5.41, 5.74) is 18.4. The molecule has 2 aliphatic heterocycles. The molecule has 0 atom stereocenters. The molecule has 0 saturated carbocycles. The predicted octanol–water partition coefficient (Wildman–Crippen LogP) is 15.3. The summed E-state index contributed by atoms with van der Waals surface area (Å²) >= 11 is 0. The van der Waals surface area contributed by atoms with Gasteiger partial charge in [-0.1, -0.05) is 322 Å². The van der Waals surface area contributed by atoms with Gasteiger partial charge in [0.1, 0.15) is 0 Å². The first-order valence-corrected chi connectivity index (χ1v) is 37.3. The lowest BCUT2D eigenvalue weighted by Gasteiger charge is -2.45. The van der Waals surface area contributed by atoms with E-state index in [4.69, 9.17) is 0 Å². The maximum absolute atomic E-state index is 3.07. The second-order valence-corrected chi connectivity index (χ2v) is 32.7. The zero-order valence-corrected chi connectivity index (χ0v) is 55.0. The third-order valence-electron chi connectivity index (χ3n) is 19.9. The van der Waals surface area contributed by atoms with Gasteiger partial charge in [0.15, 0.2) is 16.1 Å². The van der Waals surface area contributed by atoms with E-state index in [0.717, 1.165) is 67.8 Å². The van der Waals surface area contributed by atoms with Crippen LogP contribution in [0.5, 0.6) is 0 Å². The molecule has 0 radical (unpaired) electrons. The lowest BCUT2D eigenvalue weighted by molar-refractivity contribution is 1.25. The molecule has 17 rings (SSSR count). The minimum Gasteiger partial charge on any atom is -0.311 e. The molecule has 0 unspecified atom stereocenters. The highest BCUT2D eigenvalue weighted by molar-refractivity contribution is 7.20. The number of anilines is 9. The first kappa shape index (κ1) is 58.1. The van der Waals surface area contributed by atoms with Gasteiger partial charge in [-0.2, -0.15) is 0 Å². The maximum atomic E-state index is 2.65. The molecule has 452 valence electrons. The van der Waals surface area contributed by atoms with Gasteiger partial charge in [0, 0.05) is 51.1 Å². The SMILES string of the molecule is c1ccc(-c2ccccc2N2c3cc([Si](c4ccccc4)(c4ccccc4)c4ccccc4)ccc3B3c4ccccc4N(c4cccc([Si](c5ccccc5)(c5ccccc5)c5ccccc5)c4)c4cc(-c5ccc(N(c6ccccc6)c6ccccc6)cc5)cc2c43)cc1. The van der Waals surface area contributed by atoms with Gasteiger partial charge < -0.3 is 14.7 Å². The topological polar surface area (TPSA) is 9.72 Å². The Labute approximate surface area is 565 Å². The van der Waals surface area contributed by atoms with Gasteiger partial charge in [0.25, 0.3) is 6.71 Å². The van der Waals surface area contributed by atoms with Crippen LogP contribution in [-0.4, -0.2) is 22.9 Å². The third kappa shape index (κ3) is 9.80. The highest BCUT2D eigenvalue weighted by Gasteiger charge is 2.48.